The van der Waals surface area contributed by atoms with Gasteiger partial charge in [-0.3, -0.25) is 9.78 Å². The van der Waals surface area contributed by atoms with Crippen molar-refractivity contribution in [3.05, 3.63) is 54.4 Å². The third-order valence-corrected chi connectivity index (χ3v) is 4.27. The average Bonchev–Trinajstić information content (AvgIpc) is 2.55. The molecule has 0 saturated heterocycles. The normalized spacial score (nSPS) is 10.7. The van der Waals surface area contributed by atoms with Crippen LogP contribution in [-0.4, -0.2) is 19.3 Å². The zero-order valence-electron chi connectivity index (χ0n) is 12.1. The molecule has 0 unspecified atom stereocenters. The van der Waals surface area contributed by atoms with Crippen molar-refractivity contribution >= 4 is 21.6 Å². The second-order valence-corrected chi connectivity index (χ2v) is 6.32. The topological polar surface area (TPSA) is 112 Å². The van der Waals surface area contributed by atoms with Gasteiger partial charge in [0.05, 0.1) is 23.2 Å². The summed E-state index contributed by atoms with van der Waals surface area (Å²) in [6.07, 6.45) is 1.33. The van der Waals surface area contributed by atoms with Gasteiger partial charge in [-0.2, -0.15) is 5.26 Å². The quantitative estimate of drug-likeness (QED) is 0.831. The number of nitrogens with one attached hydrogen (secondary N) is 2. The molecule has 0 atom stereocenters. The molecule has 1 aromatic carbocycles. The number of aromatic nitrogens is 1. The molecular formula is C15H14N4O3S. The molecule has 1 amide bonds. The van der Waals surface area contributed by atoms with Crippen LogP contribution in [0.3, 0.4) is 0 Å². The minimum Gasteiger partial charge on any atom is -0.325 e. The summed E-state index contributed by atoms with van der Waals surface area (Å²) >= 11 is 0. The van der Waals surface area contributed by atoms with Crippen LogP contribution in [0.5, 0.6) is 0 Å². The molecule has 2 rings (SSSR count). The Labute approximate surface area is 134 Å². The average molecular weight is 330 g/mol. The minimum atomic E-state index is -3.67. The van der Waals surface area contributed by atoms with Crippen molar-refractivity contribution in [1.82, 2.24) is 9.71 Å². The van der Waals surface area contributed by atoms with Crippen molar-refractivity contribution in [2.24, 2.45) is 0 Å². The van der Waals surface area contributed by atoms with E-state index in [1.165, 1.54) is 24.3 Å². The summed E-state index contributed by atoms with van der Waals surface area (Å²) in [6, 6.07) is 12.7. The van der Waals surface area contributed by atoms with Gasteiger partial charge in [0.2, 0.25) is 15.9 Å². The lowest BCUT2D eigenvalue weighted by molar-refractivity contribution is -0.115. The first kappa shape index (κ1) is 16.6. The minimum absolute atomic E-state index is 0.0757. The van der Waals surface area contributed by atoms with Crippen LogP contribution in [0.4, 0.5) is 5.69 Å². The van der Waals surface area contributed by atoms with Crippen LogP contribution in [0.2, 0.25) is 0 Å². The van der Waals surface area contributed by atoms with E-state index in [9.17, 15) is 13.2 Å². The number of hydrogen-bond donors (Lipinski definition) is 2. The summed E-state index contributed by atoms with van der Waals surface area (Å²) in [5.41, 5.74) is 1.03. The highest BCUT2D eigenvalue weighted by Gasteiger charge is 2.14. The first-order chi connectivity index (χ1) is 11.0. The lowest BCUT2D eigenvalue weighted by Gasteiger charge is -2.08. The number of hydrogen-bond acceptors (Lipinski definition) is 5. The third kappa shape index (κ3) is 4.88. The molecule has 0 radical (unpaired) electrons. The molecule has 0 bridgehead atoms. The Bertz CT molecular complexity index is 812. The predicted octanol–water partition coefficient (Wildman–Crippen LogP) is 1.41. The molecule has 0 aliphatic heterocycles. The van der Waals surface area contributed by atoms with Gasteiger partial charge in [0.25, 0.3) is 0 Å². The summed E-state index contributed by atoms with van der Waals surface area (Å²) in [4.78, 5) is 15.4. The van der Waals surface area contributed by atoms with E-state index in [1.54, 1.807) is 30.5 Å². The lowest BCUT2D eigenvalue weighted by Crippen LogP contribution is -2.23. The van der Waals surface area contributed by atoms with Crippen LogP contribution in [0.25, 0.3) is 0 Å². The van der Waals surface area contributed by atoms with Gasteiger partial charge >= 0.3 is 0 Å². The van der Waals surface area contributed by atoms with Gasteiger partial charge in [-0.15, -0.1) is 0 Å². The van der Waals surface area contributed by atoms with Crippen LogP contribution in [0, 0.1) is 11.3 Å². The molecule has 2 aromatic rings. The van der Waals surface area contributed by atoms with Crippen molar-refractivity contribution in [1.29, 1.82) is 5.26 Å². The van der Waals surface area contributed by atoms with Crippen LogP contribution < -0.4 is 10.0 Å². The number of carbonyl (C=O) groups excluding carboxylic acids is 1. The van der Waals surface area contributed by atoms with Crippen molar-refractivity contribution in [2.75, 3.05) is 5.32 Å². The molecule has 0 aliphatic carbocycles. The highest BCUT2D eigenvalue weighted by Crippen LogP contribution is 2.14. The fourth-order valence-electron chi connectivity index (χ4n) is 1.75. The SMILES string of the molecule is N#CCC(=O)Nc1ccc(S(=O)(=O)NCc2ccccn2)cc1. The van der Waals surface area contributed by atoms with Gasteiger partial charge in [0.1, 0.15) is 6.42 Å². The largest absolute Gasteiger partial charge is 0.325 e. The van der Waals surface area contributed by atoms with Gasteiger partial charge in [-0.1, -0.05) is 6.07 Å². The number of nitrogens with zero attached hydrogens (tertiary/aromatic N) is 2. The Kier molecular flexibility index (Phi) is 5.41. The zero-order valence-corrected chi connectivity index (χ0v) is 12.9. The third-order valence-electron chi connectivity index (χ3n) is 2.86. The van der Waals surface area contributed by atoms with E-state index in [0.717, 1.165) is 0 Å². The Morgan fingerprint density at radius 2 is 1.91 bits per heavy atom. The van der Waals surface area contributed by atoms with Crippen molar-refractivity contribution < 1.29 is 13.2 Å². The lowest BCUT2D eigenvalue weighted by atomic mass is 10.3. The molecule has 7 nitrogen and oxygen atoms in total. The fourth-order valence-corrected chi connectivity index (χ4v) is 2.75. The van der Waals surface area contributed by atoms with E-state index in [-0.39, 0.29) is 17.9 Å². The molecular weight excluding hydrogens is 316 g/mol. The van der Waals surface area contributed by atoms with Crippen molar-refractivity contribution in [2.45, 2.75) is 17.9 Å². The first-order valence-electron chi connectivity index (χ1n) is 6.68. The molecule has 0 fully saturated rings. The van der Waals surface area contributed by atoms with Crippen LogP contribution in [0.15, 0.2) is 53.6 Å². The number of carbonyl (C=O) groups is 1. The van der Waals surface area contributed by atoms with E-state index < -0.39 is 15.9 Å². The molecule has 1 aromatic heterocycles. The molecule has 0 aliphatic rings. The Morgan fingerprint density at radius 3 is 2.52 bits per heavy atom. The number of sulfonamides is 1. The maximum atomic E-state index is 12.2. The highest BCUT2D eigenvalue weighted by molar-refractivity contribution is 7.89. The number of amides is 1. The number of rotatable bonds is 6. The zero-order chi connectivity index (χ0) is 16.7. The van der Waals surface area contributed by atoms with Gasteiger partial charge in [-0.25, -0.2) is 13.1 Å². The second kappa shape index (κ2) is 7.49. The maximum absolute atomic E-state index is 12.2. The Morgan fingerprint density at radius 1 is 1.17 bits per heavy atom. The Hall–Kier alpha value is -2.76. The van der Waals surface area contributed by atoms with Crippen LogP contribution in [-0.2, 0) is 21.4 Å². The summed E-state index contributed by atoms with van der Waals surface area (Å²) in [5.74, 6) is -0.448. The second-order valence-electron chi connectivity index (χ2n) is 4.55. The number of nitriles is 1. The van der Waals surface area contributed by atoms with Crippen molar-refractivity contribution in [3.8, 4) is 6.07 Å². The highest BCUT2D eigenvalue weighted by atomic mass is 32.2. The molecule has 0 saturated carbocycles. The van der Waals surface area contributed by atoms with Crippen molar-refractivity contribution in [3.63, 3.8) is 0 Å². The summed E-state index contributed by atoms with van der Waals surface area (Å²) in [7, 11) is -3.67. The van der Waals surface area contributed by atoms with Crippen LogP contribution >= 0.6 is 0 Å². The molecule has 1 heterocycles. The first-order valence-corrected chi connectivity index (χ1v) is 8.16. The van der Waals surface area contributed by atoms with Gasteiger partial charge in [0, 0.05) is 11.9 Å². The number of anilines is 1. The summed E-state index contributed by atoms with van der Waals surface area (Å²) in [5, 5.41) is 10.9. The van der Waals surface area contributed by atoms with E-state index in [4.69, 9.17) is 5.26 Å². The van der Waals surface area contributed by atoms with Gasteiger partial charge in [-0.05, 0) is 36.4 Å². The standard InChI is InChI=1S/C15H14N4O3S/c16-9-8-15(20)19-12-4-6-14(7-5-12)23(21,22)18-11-13-3-1-2-10-17-13/h1-7,10,18H,8,11H2,(H,19,20). The van der Waals surface area contributed by atoms with Gasteiger partial charge < -0.3 is 5.32 Å². The van der Waals surface area contributed by atoms with E-state index >= 15 is 0 Å². The summed E-state index contributed by atoms with van der Waals surface area (Å²) < 4.78 is 26.8. The smallest absolute Gasteiger partial charge is 0.240 e. The van der Waals surface area contributed by atoms with E-state index in [0.29, 0.717) is 11.4 Å². The van der Waals surface area contributed by atoms with Gasteiger partial charge in [0.15, 0.2) is 0 Å². The molecule has 8 heteroatoms. The fraction of sp³-hybridized carbons (Fsp3) is 0.133. The monoisotopic (exact) mass is 330 g/mol. The molecule has 23 heavy (non-hydrogen) atoms. The summed E-state index contributed by atoms with van der Waals surface area (Å²) in [6.45, 7) is 0.0871. The number of pyridine rings is 1. The number of benzene rings is 1. The van der Waals surface area contributed by atoms with Crippen LogP contribution in [0.1, 0.15) is 12.1 Å². The molecule has 2 N–H and O–H groups in total. The van der Waals surface area contributed by atoms with E-state index in [2.05, 4.69) is 15.0 Å². The Balaban J connectivity index is 2.03. The van der Waals surface area contributed by atoms with E-state index in [1.807, 2.05) is 0 Å². The maximum Gasteiger partial charge on any atom is 0.240 e. The predicted molar refractivity (Wildman–Crippen MR) is 83.6 cm³/mol. The molecule has 118 valence electrons. The molecule has 0 spiro atoms.